The van der Waals surface area contributed by atoms with E-state index >= 15 is 0 Å². The molecule has 6 N–H and O–H groups in total. The van der Waals surface area contributed by atoms with Gasteiger partial charge in [-0.2, -0.15) is 8.42 Å². The molecule has 2 rings (SSSR count). The topological polar surface area (TPSA) is 174 Å². The first-order chi connectivity index (χ1) is 12.7. The largest absolute Gasteiger partial charge is 0.480 e. The van der Waals surface area contributed by atoms with E-state index in [2.05, 4.69) is 9.50 Å². The smallest absolute Gasteiger partial charge is 0.446 e. The summed E-state index contributed by atoms with van der Waals surface area (Å²) in [4.78, 5) is 23.2. The van der Waals surface area contributed by atoms with Crippen molar-refractivity contribution < 1.29 is 36.6 Å². The zero-order valence-electron chi connectivity index (χ0n) is 14.6. The van der Waals surface area contributed by atoms with Crippen molar-refractivity contribution in [2.24, 2.45) is 0 Å². The molecule has 0 fully saturated rings. The van der Waals surface area contributed by atoms with Crippen LogP contribution in [0.15, 0.2) is 54.6 Å². The molecule has 2 aromatic carbocycles. The minimum atomic E-state index is -4.64. The predicted molar refractivity (Wildman–Crippen MR) is 98.5 cm³/mol. The monoisotopic (exact) mass is 412 g/mol. The third-order valence-electron chi connectivity index (χ3n) is 3.37. The van der Waals surface area contributed by atoms with Gasteiger partial charge in [0.05, 0.1) is 0 Å². The summed E-state index contributed by atoms with van der Waals surface area (Å²) in [5, 5.41) is 11.5. The fraction of sp³-hybridized carbons (Fsp3) is 0.176. The van der Waals surface area contributed by atoms with Gasteiger partial charge in [-0.1, -0.05) is 42.5 Å². The van der Waals surface area contributed by atoms with Gasteiger partial charge in [0.15, 0.2) is 0 Å². The first-order valence-corrected chi connectivity index (χ1v) is 9.05. The Morgan fingerprint density at radius 1 is 1.00 bits per heavy atom. The van der Waals surface area contributed by atoms with Gasteiger partial charge in [0.2, 0.25) is 0 Å². The first-order valence-electron chi connectivity index (χ1n) is 7.69. The fourth-order valence-corrected chi connectivity index (χ4v) is 2.50. The van der Waals surface area contributed by atoms with Crippen LogP contribution in [-0.4, -0.2) is 36.2 Å². The van der Waals surface area contributed by atoms with Crippen molar-refractivity contribution >= 4 is 22.5 Å². The standard InChI is InChI=1S/C17H17NO8S.H3N/c19-16(20)15(18-17(21)25-11-13-4-2-1-3-5-13)10-12-6-8-14(9-7-12)26-27(22,23)24;/h1-9,15H,10-11H2,(H,18,21)(H,19,20)(H,22,23,24);1H3. The molecular weight excluding hydrogens is 392 g/mol. The molecule has 0 saturated carbocycles. The Labute approximate surface area is 161 Å². The number of carbonyl (C=O) groups excluding carboxylic acids is 1. The van der Waals surface area contributed by atoms with Gasteiger partial charge in [-0.15, -0.1) is 0 Å². The summed E-state index contributed by atoms with van der Waals surface area (Å²) in [6, 6.07) is 13.0. The second-order valence-corrected chi connectivity index (χ2v) is 6.48. The Bertz CT molecular complexity index is 885. The number of rotatable bonds is 8. The number of aliphatic carboxylic acids is 1. The molecule has 0 aliphatic heterocycles. The number of carbonyl (C=O) groups is 2. The van der Waals surface area contributed by atoms with Crippen LogP contribution in [-0.2, 0) is 33.0 Å². The quantitative estimate of drug-likeness (QED) is 0.472. The lowest BCUT2D eigenvalue weighted by molar-refractivity contribution is -0.139. The van der Waals surface area contributed by atoms with Crippen molar-refractivity contribution in [1.29, 1.82) is 0 Å². The second-order valence-electron chi connectivity index (χ2n) is 5.46. The third-order valence-corrected chi connectivity index (χ3v) is 3.77. The molecule has 28 heavy (non-hydrogen) atoms. The van der Waals surface area contributed by atoms with Gasteiger partial charge in [0, 0.05) is 6.42 Å². The van der Waals surface area contributed by atoms with E-state index in [1.807, 2.05) is 6.07 Å². The van der Waals surface area contributed by atoms with Crippen LogP contribution in [0.1, 0.15) is 11.1 Å². The van der Waals surface area contributed by atoms with Crippen molar-refractivity contribution in [2.45, 2.75) is 19.1 Å². The van der Waals surface area contributed by atoms with Gasteiger partial charge in [-0.3, -0.25) is 4.55 Å². The summed E-state index contributed by atoms with van der Waals surface area (Å²) in [6.45, 7) is 0.000676. The van der Waals surface area contributed by atoms with Crippen LogP contribution >= 0.6 is 0 Å². The molecule has 0 aromatic heterocycles. The molecule has 0 saturated heterocycles. The maximum atomic E-state index is 11.8. The summed E-state index contributed by atoms with van der Waals surface area (Å²) in [5.41, 5.74) is 1.25. The fourth-order valence-electron chi connectivity index (χ4n) is 2.15. The molecule has 1 amide bonds. The van der Waals surface area contributed by atoms with Crippen molar-refractivity contribution in [1.82, 2.24) is 11.5 Å². The summed E-state index contributed by atoms with van der Waals surface area (Å²) in [6.07, 6.45) is -0.945. The Balaban J connectivity index is 0.00000392. The summed E-state index contributed by atoms with van der Waals surface area (Å²) < 4.78 is 39.1. The number of ether oxygens (including phenoxy) is 1. The van der Waals surface area contributed by atoms with E-state index in [-0.39, 0.29) is 24.9 Å². The van der Waals surface area contributed by atoms with Gasteiger partial charge in [-0.05, 0) is 23.3 Å². The van der Waals surface area contributed by atoms with E-state index in [9.17, 15) is 23.1 Å². The lowest BCUT2D eigenvalue weighted by atomic mass is 10.1. The van der Waals surface area contributed by atoms with Gasteiger partial charge in [0.25, 0.3) is 0 Å². The zero-order valence-corrected chi connectivity index (χ0v) is 15.5. The van der Waals surface area contributed by atoms with Crippen molar-refractivity contribution in [3.63, 3.8) is 0 Å². The number of benzene rings is 2. The molecule has 1 atom stereocenters. The highest BCUT2D eigenvalue weighted by atomic mass is 32.3. The molecule has 0 spiro atoms. The average Bonchev–Trinajstić information content (AvgIpc) is 2.60. The number of amides is 1. The number of alkyl carbamates (subject to hydrolysis) is 1. The van der Waals surface area contributed by atoms with Gasteiger partial charge in [0.1, 0.15) is 18.4 Å². The Hall–Kier alpha value is -3.15. The maximum Gasteiger partial charge on any atom is 0.446 e. The van der Waals surface area contributed by atoms with Gasteiger partial charge >= 0.3 is 22.5 Å². The average molecular weight is 412 g/mol. The molecule has 0 aliphatic carbocycles. The Morgan fingerprint density at radius 2 is 1.61 bits per heavy atom. The molecule has 0 heterocycles. The van der Waals surface area contributed by atoms with Gasteiger partial charge < -0.3 is 25.5 Å². The number of hydrogen-bond acceptors (Lipinski definition) is 7. The summed E-state index contributed by atoms with van der Waals surface area (Å²) >= 11 is 0. The molecule has 0 aliphatic rings. The zero-order chi connectivity index (χ0) is 19.9. The maximum absolute atomic E-state index is 11.8. The van der Waals surface area contributed by atoms with Crippen LogP contribution in [0.4, 0.5) is 4.79 Å². The first kappa shape index (κ1) is 22.9. The van der Waals surface area contributed by atoms with E-state index in [0.717, 1.165) is 5.56 Å². The normalized spacial score (nSPS) is 11.6. The lowest BCUT2D eigenvalue weighted by Crippen LogP contribution is -2.42. The Kier molecular flexibility index (Phi) is 8.38. The van der Waals surface area contributed by atoms with E-state index in [4.69, 9.17) is 9.29 Å². The molecule has 0 radical (unpaired) electrons. The molecule has 2 aromatic rings. The summed E-state index contributed by atoms with van der Waals surface area (Å²) in [7, 11) is -4.64. The van der Waals surface area contributed by atoms with Crippen LogP contribution in [0.5, 0.6) is 5.75 Å². The Morgan fingerprint density at radius 3 is 2.14 bits per heavy atom. The highest BCUT2D eigenvalue weighted by Crippen LogP contribution is 2.15. The van der Waals surface area contributed by atoms with E-state index < -0.39 is 28.5 Å². The SMILES string of the molecule is N.O=C(NC(Cc1ccc(OS(=O)(=O)O)cc1)C(=O)O)OCc1ccccc1. The molecule has 0 bridgehead atoms. The van der Waals surface area contributed by atoms with Crippen molar-refractivity contribution in [2.75, 3.05) is 0 Å². The van der Waals surface area contributed by atoms with Gasteiger partial charge in [-0.25, -0.2) is 9.59 Å². The van der Waals surface area contributed by atoms with Crippen LogP contribution in [0.3, 0.4) is 0 Å². The van der Waals surface area contributed by atoms with Crippen molar-refractivity contribution in [3.05, 3.63) is 65.7 Å². The van der Waals surface area contributed by atoms with Crippen molar-refractivity contribution in [3.8, 4) is 5.75 Å². The summed E-state index contributed by atoms with van der Waals surface area (Å²) in [5.74, 6) is -1.40. The molecule has 1 unspecified atom stereocenters. The van der Waals surface area contributed by atoms with E-state index in [0.29, 0.717) is 5.56 Å². The van der Waals surface area contributed by atoms with Crippen LogP contribution in [0.25, 0.3) is 0 Å². The minimum absolute atomic E-state index is 0. The lowest BCUT2D eigenvalue weighted by Gasteiger charge is -2.15. The van der Waals surface area contributed by atoms with Crippen LogP contribution in [0.2, 0.25) is 0 Å². The second kappa shape index (κ2) is 10.3. The highest BCUT2D eigenvalue weighted by Gasteiger charge is 2.21. The third kappa shape index (κ3) is 8.03. The molecule has 10 nitrogen and oxygen atoms in total. The molecular formula is C17H20N2O8S. The molecule has 11 heteroatoms. The number of carboxylic acid groups (broad SMARTS) is 1. The predicted octanol–water partition coefficient (Wildman–Crippen LogP) is 1.95. The number of carboxylic acids is 1. The van der Waals surface area contributed by atoms with E-state index in [1.165, 1.54) is 24.3 Å². The number of hydrogen-bond donors (Lipinski definition) is 4. The van der Waals surface area contributed by atoms with E-state index in [1.54, 1.807) is 24.3 Å². The highest BCUT2D eigenvalue weighted by molar-refractivity contribution is 7.81. The number of nitrogens with one attached hydrogen (secondary N) is 1. The molecule has 152 valence electrons. The van der Waals surface area contributed by atoms with Crippen LogP contribution < -0.4 is 15.7 Å². The minimum Gasteiger partial charge on any atom is -0.480 e. The van der Waals surface area contributed by atoms with Crippen LogP contribution in [0, 0.1) is 0 Å².